The van der Waals surface area contributed by atoms with Gasteiger partial charge in [-0.1, -0.05) is 47.5 Å². The largest absolute Gasteiger partial charge is 0.327 e. The van der Waals surface area contributed by atoms with Crippen molar-refractivity contribution in [2.45, 2.75) is 24.3 Å². The fourth-order valence-corrected chi connectivity index (χ4v) is 3.41. The zero-order valence-electron chi connectivity index (χ0n) is 11.3. The van der Waals surface area contributed by atoms with Crippen LogP contribution in [0.25, 0.3) is 0 Å². The van der Waals surface area contributed by atoms with E-state index in [4.69, 9.17) is 28.9 Å². The molecule has 0 aliphatic carbocycles. The Hall–Kier alpha value is -0.670. The van der Waals surface area contributed by atoms with Gasteiger partial charge in [0.15, 0.2) is 0 Å². The first-order valence-electron chi connectivity index (χ1n) is 6.44. The average molecular weight is 326 g/mol. The van der Waals surface area contributed by atoms with Gasteiger partial charge in [-0.05, 0) is 42.7 Å². The number of halogens is 2. The highest BCUT2D eigenvalue weighted by Gasteiger charge is 2.09. The van der Waals surface area contributed by atoms with Crippen molar-refractivity contribution in [3.63, 3.8) is 0 Å². The van der Waals surface area contributed by atoms with Crippen molar-refractivity contribution in [2.75, 3.05) is 5.75 Å². The molecule has 0 radical (unpaired) electrons. The van der Waals surface area contributed by atoms with E-state index in [2.05, 4.69) is 25.1 Å². The Kier molecular flexibility index (Phi) is 5.79. The van der Waals surface area contributed by atoms with Crippen molar-refractivity contribution in [1.82, 2.24) is 0 Å². The van der Waals surface area contributed by atoms with Gasteiger partial charge in [-0.15, -0.1) is 11.8 Å². The molecule has 0 heterocycles. The molecule has 0 aromatic heterocycles. The Morgan fingerprint density at radius 3 is 2.60 bits per heavy atom. The molecule has 0 saturated carbocycles. The topological polar surface area (TPSA) is 26.0 Å². The maximum absolute atomic E-state index is 6.20. The first kappa shape index (κ1) is 15.7. The highest BCUT2D eigenvalue weighted by atomic mass is 35.5. The van der Waals surface area contributed by atoms with Gasteiger partial charge in [0.1, 0.15) is 0 Å². The Morgan fingerprint density at radius 2 is 1.90 bits per heavy atom. The van der Waals surface area contributed by atoms with Crippen molar-refractivity contribution >= 4 is 35.0 Å². The molecule has 2 aromatic rings. The molecule has 4 heteroatoms. The molecule has 0 aliphatic rings. The quantitative estimate of drug-likeness (QED) is 0.786. The van der Waals surface area contributed by atoms with Gasteiger partial charge in [0, 0.05) is 26.7 Å². The van der Waals surface area contributed by atoms with Crippen LogP contribution in [0.1, 0.15) is 11.1 Å². The monoisotopic (exact) mass is 325 g/mol. The second kappa shape index (κ2) is 7.37. The molecule has 0 spiro atoms. The second-order valence-electron chi connectivity index (χ2n) is 4.78. The van der Waals surface area contributed by atoms with Crippen LogP contribution in [-0.2, 0) is 6.42 Å². The molecule has 0 bridgehead atoms. The van der Waals surface area contributed by atoms with E-state index >= 15 is 0 Å². The summed E-state index contributed by atoms with van der Waals surface area (Å²) < 4.78 is 0. The standard InChI is InChI=1S/C16H17Cl2NS/c1-11-4-2-3-5-16(11)20-10-14(19)8-12-6-7-13(17)9-15(12)18/h2-7,9,14H,8,10,19H2,1H3. The molecule has 1 unspecified atom stereocenters. The second-order valence-corrected chi connectivity index (χ2v) is 6.68. The molecular weight excluding hydrogens is 309 g/mol. The highest BCUT2D eigenvalue weighted by Crippen LogP contribution is 2.25. The van der Waals surface area contributed by atoms with Crippen LogP contribution in [0, 0.1) is 6.92 Å². The van der Waals surface area contributed by atoms with Gasteiger partial charge in [-0.2, -0.15) is 0 Å². The molecular formula is C16H17Cl2NS. The molecule has 1 atom stereocenters. The zero-order valence-corrected chi connectivity index (χ0v) is 13.6. The van der Waals surface area contributed by atoms with Crippen LogP contribution in [-0.4, -0.2) is 11.8 Å². The Labute approximate surface area is 134 Å². The van der Waals surface area contributed by atoms with Crippen molar-refractivity contribution in [3.05, 3.63) is 63.6 Å². The summed E-state index contributed by atoms with van der Waals surface area (Å²) in [6, 6.07) is 14.0. The van der Waals surface area contributed by atoms with E-state index in [1.54, 1.807) is 17.8 Å². The van der Waals surface area contributed by atoms with E-state index < -0.39 is 0 Å². The minimum atomic E-state index is 0.0679. The van der Waals surface area contributed by atoms with Gasteiger partial charge >= 0.3 is 0 Å². The van der Waals surface area contributed by atoms with Crippen LogP contribution in [0.5, 0.6) is 0 Å². The lowest BCUT2D eigenvalue weighted by Crippen LogP contribution is -2.25. The summed E-state index contributed by atoms with van der Waals surface area (Å²) >= 11 is 13.9. The van der Waals surface area contributed by atoms with E-state index in [9.17, 15) is 0 Å². The summed E-state index contributed by atoms with van der Waals surface area (Å²) in [5.41, 5.74) is 8.53. The molecule has 1 nitrogen and oxygen atoms in total. The fourth-order valence-electron chi connectivity index (χ4n) is 1.94. The van der Waals surface area contributed by atoms with Crippen molar-refractivity contribution in [3.8, 4) is 0 Å². The van der Waals surface area contributed by atoms with Crippen LogP contribution >= 0.6 is 35.0 Å². The number of nitrogens with two attached hydrogens (primary N) is 1. The van der Waals surface area contributed by atoms with Crippen LogP contribution in [0.4, 0.5) is 0 Å². The zero-order chi connectivity index (χ0) is 14.5. The number of rotatable bonds is 5. The van der Waals surface area contributed by atoms with E-state index in [0.29, 0.717) is 10.0 Å². The molecule has 106 valence electrons. The molecule has 0 fully saturated rings. The van der Waals surface area contributed by atoms with Gasteiger partial charge in [-0.3, -0.25) is 0 Å². The SMILES string of the molecule is Cc1ccccc1SCC(N)Cc1ccc(Cl)cc1Cl. The molecule has 2 rings (SSSR count). The third-order valence-corrected chi connectivity index (χ3v) is 4.99. The van der Waals surface area contributed by atoms with Gasteiger partial charge in [0.05, 0.1) is 0 Å². The molecule has 0 amide bonds. The highest BCUT2D eigenvalue weighted by molar-refractivity contribution is 7.99. The van der Waals surface area contributed by atoms with E-state index in [1.807, 2.05) is 18.2 Å². The van der Waals surface area contributed by atoms with Crippen LogP contribution in [0.2, 0.25) is 10.0 Å². The smallest absolute Gasteiger partial charge is 0.0453 e. The van der Waals surface area contributed by atoms with Gasteiger partial charge < -0.3 is 5.73 Å². The number of benzene rings is 2. The van der Waals surface area contributed by atoms with Crippen molar-refractivity contribution < 1.29 is 0 Å². The normalized spacial score (nSPS) is 12.4. The molecule has 2 N–H and O–H groups in total. The number of aryl methyl sites for hydroxylation is 1. The lowest BCUT2D eigenvalue weighted by atomic mass is 10.1. The maximum atomic E-state index is 6.20. The maximum Gasteiger partial charge on any atom is 0.0453 e. The first-order valence-corrected chi connectivity index (χ1v) is 8.18. The minimum absolute atomic E-state index is 0.0679. The lowest BCUT2D eigenvalue weighted by molar-refractivity contribution is 0.749. The average Bonchev–Trinajstić information content (AvgIpc) is 2.41. The van der Waals surface area contributed by atoms with Crippen LogP contribution < -0.4 is 5.73 Å². The van der Waals surface area contributed by atoms with Gasteiger partial charge in [0.25, 0.3) is 0 Å². The summed E-state index contributed by atoms with van der Waals surface area (Å²) in [7, 11) is 0. The number of hydrogen-bond donors (Lipinski definition) is 1. The number of thioether (sulfide) groups is 1. The minimum Gasteiger partial charge on any atom is -0.327 e. The third-order valence-electron chi connectivity index (χ3n) is 3.04. The predicted molar refractivity (Wildman–Crippen MR) is 90.0 cm³/mol. The first-order chi connectivity index (χ1) is 9.56. The molecule has 2 aromatic carbocycles. The van der Waals surface area contributed by atoms with Crippen LogP contribution in [0.15, 0.2) is 47.4 Å². The summed E-state index contributed by atoms with van der Waals surface area (Å²) in [4.78, 5) is 1.28. The van der Waals surface area contributed by atoms with E-state index in [1.165, 1.54) is 10.5 Å². The molecule has 0 saturated heterocycles. The number of hydrogen-bond acceptors (Lipinski definition) is 2. The summed E-state index contributed by atoms with van der Waals surface area (Å²) in [6.07, 6.45) is 0.759. The Bertz CT molecular complexity index is 586. The van der Waals surface area contributed by atoms with E-state index in [-0.39, 0.29) is 6.04 Å². The third kappa shape index (κ3) is 4.42. The fraction of sp³-hybridized carbons (Fsp3) is 0.250. The van der Waals surface area contributed by atoms with E-state index in [0.717, 1.165) is 17.7 Å². The summed E-state index contributed by atoms with van der Waals surface area (Å²) in [5.74, 6) is 0.865. The van der Waals surface area contributed by atoms with Gasteiger partial charge in [-0.25, -0.2) is 0 Å². The van der Waals surface area contributed by atoms with Crippen molar-refractivity contribution in [2.24, 2.45) is 5.73 Å². The summed E-state index contributed by atoms with van der Waals surface area (Å²) in [5, 5.41) is 1.34. The Balaban J connectivity index is 1.92. The van der Waals surface area contributed by atoms with Gasteiger partial charge in [0.2, 0.25) is 0 Å². The Morgan fingerprint density at radius 1 is 1.15 bits per heavy atom. The lowest BCUT2D eigenvalue weighted by Gasteiger charge is -2.13. The molecule has 0 aliphatic heterocycles. The predicted octanol–water partition coefficient (Wildman–Crippen LogP) is 4.96. The van der Waals surface area contributed by atoms with Crippen molar-refractivity contribution in [1.29, 1.82) is 0 Å². The summed E-state index contributed by atoms with van der Waals surface area (Å²) in [6.45, 7) is 2.12. The molecule has 20 heavy (non-hydrogen) atoms. The van der Waals surface area contributed by atoms with Crippen LogP contribution in [0.3, 0.4) is 0 Å².